The van der Waals surface area contributed by atoms with Crippen LogP contribution >= 0.6 is 15.9 Å². The van der Waals surface area contributed by atoms with Crippen LogP contribution in [0.4, 0.5) is 4.39 Å². The van der Waals surface area contributed by atoms with Crippen LogP contribution in [0.5, 0.6) is 11.5 Å². The molecule has 0 saturated heterocycles. The van der Waals surface area contributed by atoms with Gasteiger partial charge in [0.25, 0.3) is 0 Å². The van der Waals surface area contributed by atoms with E-state index in [-0.39, 0.29) is 5.56 Å². The maximum atomic E-state index is 13.1. The smallest absolute Gasteiger partial charge is 0.341 e. The van der Waals surface area contributed by atoms with Gasteiger partial charge in [0.1, 0.15) is 22.9 Å². The normalized spacial score (nSPS) is 10.1. The Hall–Kier alpha value is -1.88. The zero-order chi connectivity index (χ0) is 13.8. The summed E-state index contributed by atoms with van der Waals surface area (Å²) in [5.41, 5.74) is 0.265. The molecule has 0 amide bonds. The molecular formula is C14H10BrFO3. The minimum Gasteiger partial charge on any atom is -0.465 e. The fourth-order valence-electron chi connectivity index (χ4n) is 1.52. The van der Waals surface area contributed by atoms with E-state index in [9.17, 15) is 9.18 Å². The fraction of sp³-hybridized carbons (Fsp3) is 0.0714. The third-order valence-corrected chi connectivity index (χ3v) is 2.86. The molecule has 98 valence electrons. The molecule has 2 aromatic carbocycles. The van der Waals surface area contributed by atoms with Crippen molar-refractivity contribution in [2.24, 2.45) is 0 Å². The predicted octanol–water partition coefficient (Wildman–Crippen LogP) is 4.17. The standard InChI is InChI=1S/C14H10BrFO3/c1-18-14(17)12-7-9(15)5-6-13(12)19-11-4-2-3-10(16)8-11/h2-8H,1H3. The highest BCUT2D eigenvalue weighted by atomic mass is 79.9. The number of ether oxygens (including phenoxy) is 2. The summed E-state index contributed by atoms with van der Waals surface area (Å²) >= 11 is 3.27. The van der Waals surface area contributed by atoms with E-state index in [1.165, 1.54) is 25.3 Å². The van der Waals surface area contributed by atoms with Crippen molar-refractivity contribution in [3.63, 3.8) is 0 Å². The van der Waals surface area contributed by atoms with Crippen LogP contribution in [0.25, 0.3) is 0 Å². The number of methoxy groups -OCH3 is 1. The maximum absolute atomic E-state index is 13.1. The van der Waals surface area contributed by atoms with E-state index in [2.05, 4.69) is 20.7 Å². The Morgan fingerprint density at radius 3 is 2.68 bits per heavy atom. The SMILES string of the molecule is COC(=O)c1cc(Br)ccc1Oc1cccc(F)c1. The van der Waals surface area contributed by atoms with Crippen LogP contribution in [-0.2, 0) is 4.74 Å². The first-order valence-electron chi connectivity index (χ1n) is 5.41. The Bertz CT molecular complexity index is 613. The van der Waals surface area contributed by atoms with Gasteiger partial charge < -0.3 is 9.47 Å². The van der Waals surface area contributed by atoms with Crippen LogP contribution < -0.4 is 4.74 Å². The summed E-state index contributed by atoms with van der Waals surface area (Å²) < 4.78 is 24.0. The summed E-state index contributed by atoms with van der Waals surface area (Å²) in [6.45, 7) is 0. The highest BCUT2D eigenvalue weighted by Gasteiger charge is 2.14. The number of carbonyl (C=O) groups excluding carboxylic acids is 1. The lowest BCUT2D eigenvalue weighted by Gasteiger charge is -2.10. The van der Waals surface area contributed by atoms with E-state index in [1.807, 2.05) is 0 Å². The molecule has 0 fully saturated rings. The van der Waals surface area contributed by atoms with Gasteiger partial charge in [-0.3, -0.25) is 0 Å². The van der Waals surface area contributed by atoms with E-state index in [1.54, 1.807) is 24.3 Å². The molecule has 0 aliphatic carbocycles. The molecule has 0 aliphatic rings. The molecular weight excluding hydrogens is 315 g/mol. The number of carbonyl (C=O) groups is 1. The van der Waals surface area contributed by atoms with E-state index in [0.29, 0.717) is 11.5 Å². The van der Waals surface area contributed by atoms with Crippen molar-refractivity contribution in [1.29, 1.82) is 0 Å². The van der Waals surface area contributed by atoms with E-state index < -0.39 is 11.8 Å². The molecule has 0 heterocycles. The Morgan fingerprint density at radius 1 is 1.21 bits per heavy atom. The van der Waals surface area contributed by atoms with Gasteiger partial charge in [-0.1, -0.05) is 22.0 Å². The van der Waals surface area contributed by atoms with Crippen LogP contribution in [0.15, 0.2) is 46.9 Å². The molecule has 2 aromatic rings. The second-order valence-corrected chi connectivity index (χ2v) is 4.61. The minimum absolute atomic E-state index is 0.265. The lowest BCUT2D eigenvalue weighted by molar-refractivity contribution is 0.0598. The van der Waals surface area contributed by atoms with E-state index >= 15 is 0 Å². The number of hydrogen-bond donors (Lipinski definition) is 0. The Morgan fingerprint density at radius 2 is 2.00 bits per heavy atom. The van der Waals surface area contributed by atoms with Crippen molar-refractivity contribution < 1.29 is 18.7 Å². The molecule has 0 bridgehead atoms. The Kier molecular flexibility index (Phi) is 4.16. The molecule has 0 aliphatic heterocycles. The summed E-state index contributed by atoms with van der Waals surface area (Å²) in [6, 6.07) is 10.6. The van der Waals surface area contributed by atoms with Crippen LogP contribution in [-0.4, -0.2) is 13.1 Å². The molecule has 0 radical (unpaired) electrons. The van der Waals surface area contributed by atoms with Crippen LogP contribution in [0.3, 0.4) is 0 Å². The van der Waals surface area contributed by atoms with Gasteiger partial charge in [-0.05, 0) is 30.3 Å². The first-order chi connectivity index (χ1) is 9.10. The van der Waals surface area contributed by atoms with Crippen LogP contribution in [0.2, 0.25) is 0 Å². The monoisotopic (exact) mass is 324 g/mol. The van der Waals surface area contributed by atoms with Crippen molar-refractivity contribution in [2.75, 3.05) is 7.11 Å². The quantitative estimate of drug-likeness (QED) is 0.795. The van der Waals surface area contributed by atoms with Crippen molar-refractivity contribution in [1.82, 2.24) is 0 Å². The molecule has 0 unspecified atom stereocenters. The average molecular weight is 325 g/mol. The zero-order valence-corrected chi connectivity index (χ0v) is 11.6. The number of hydrogen-bond acceptors (Lipinski definition) is 3. The summed E-state index contributed by atoms with van der Waals surface area (Å²) in [7, 11) is 1.29. The van der Waals surface area contributed by atoms with Gasteiger partial charge in [-0.2, -0.15) is 0 Å². The fourth-order valence-corrected chi connectivity index (χ4v) is 1.88. The minimum atomic E-state index is -0.521. The number of halogens is 2. The molecule has 0 atom stereocenters. The number of esters is 1. The third-order valence-electron chi connectivity index (χ3n) is 2.37. The summed E-state index contributed by atoms with van der Waals surface area (Å²) in [5, 5.41) is 0. The summed E-state index contributed by atoms with van der Waals surface area (Å²) in [5.74, 6) is -0.310. The van der Waals surface area contributed by atoms with Crippen molar-refractivity contribution in [2.45, 2.75) is 0 Å². The van der Waals surface area contributed by atoms with E-state index in [4.69, 9.17) is 4.74 Å². The van der Waals surface area contributed by atoms with Gasteiger partial charge >= 0.3 is 5.97 Å². The molecule has 2 rings (SSSR count). The van der Waals surface area contributed by atoms with E-state index in [0.717, 1.165) is 4.47 Å². The van der Waals surface area contributed by atoms with Crippen molar-refractivity contribution >= 4 is 21.9 Å². The van der Waals surface area contributed by atoms with Gasteiger partial charge in [-0.15, -0.1) is 0 Å². The molecule has 0 saturated carbocycles. The first-order valence-corrected chi connectivity index (χ1v) is 6.21. The maximum Gasteiger partial charge on any atom is 0.341 e. The zero-order valence-electron chi connectivity index (χ0n) is 10.0. The highest BCUT2D eigenvalue weighted by molar-refractivity contribution is 9.10. The molecule has 0 aromatic heterocycles. The van der Waals surface area contributed by atoms with Gasteiger partial charge in [0.2, 0.25) is 0 Å². The highest BCUT2D eigenvalue weighted by Crippen LogP contribution is 2.28. The van der Waals surface area contributed by atoms with Crippen molar-refractivity contribution in [3.8, 4) is 11.5 Å². The lowest BCUT2D eigenvalue weighted by Crippen LogP contribution is -2.03. The second kappa shape index (κ2) is 5.84. The first kappa shape index (κ1) is 13.5. The molecule has 5 heteroatoms. The molecule has 3 nitrogen and oxygen atoms in total. The number of benzene rings is 2. The lowest BCUT2D eigenvalue weighted by atomic mass is 10.2. The summed E-state index contributed by atoms with van der Waals surface area (Å²) in [6.07, 6.45) is 0. The Labute approximate surface area is 118 Å². The predicted molar refractivity (Wildman–Crippen MR) is 72.0 cm³/mol. The van der Waals surface area contributed by atoms with Crippen LogP contribution in [0, 0.1) is 5.82 Å². The molecule has 0 N–H and O–H groups in total. The topological polar surface area (TPSA) is 35.5 Å². The largest absolute Gasteiger partial charge is 0.465 e. The van der Waals surface area contributed by atoms with Gasteiger partial charge in [0.05, 0.1) is 7.11 Å². The summed E-state index contributed by atoms with van der Waals surface area (Å²) in [4.78, 5) is 11.6. The number of rotatable bonds is 3. The van der Waals surface area contributed by atoms with Crippen LogP contribution in [0.1, 0.15) is 10.4 Å². The van der Waals surface area contributed by atoms with Crippen molar-refractivity contribution in [3.05, 3.63) is 58.3 Å². The van der Waals surface area contributed by atoms with Gasteiger partial charge in [-0.25, -0.2) is 9.18 Å². The van der Waals surface area contributed by atoms with Gasteiger partial charge in [0.15, 0.2) is 0 Å². The Balaban J connectivity index is 2.37. The van der Waals surface area contributed by atoms with Gasteiger partial charge in [0, 0.05) is 10.5 Å². The second-order valence-electron chi connectivity index (χ2n) is 3.69. The molecule has 0 spiro atoms. The third kappa shape index (κ3) is 3.32. The average Bonchev–Trinajstić information content (AvgIpc) is 2.40. The molecule has 19 heavy (non-hydrogen) atoms.